The Morgan fingerprint density at radius 3 is 2.50 bits per heavy atom. The molecular formula is C15H12FNO5. The smallest absolute Gasteiger partial charge is 0.411 e. The van der Waals surface area contributed by atoms with E-state index in [1.54, 1.807) is 24.3 Å². The lowest BCUT2D eigenvalue weighted by atomic mass is 10.1. The number of rotatable bonds is 4. The third kappa shape index (κ3) is 3.72. The Kier molecular flexibility index (Phi) is 4.57. The number of amides is 1. The van der Waals surface area contributed by atoms with Crippen molar-refractivity contribution in [2.75, 3.05) is 5.32 Å². The number of phenolic OH excluding ortho intramolecular Hbond substituents is 1. The lowest BCUT2D eigenvalue weighted by Gasteiger charge is -2.10. The highest BCUT2D eigenvalue weighted by molar-refractivity contribution is 5.99. The van der Waals surface area contributed by atoms with Gasteiger partial charge in [-0.25, -0.2) is 14.0 Å². The number of ether oxygens (including phenoxy) is 1. The Hall–Kier alpha value is -3.09. The van der Waals surface area contributed by atoms with Crippen LogP contribution >= 0.6 is 0 Å². The Morgan fingerprint density at radius 2 is 1.86 bits per heavy atom. The molecule has 22 heavy (non-hydrogen) atoms. The first-order chi connectivity index (χ1) is 10.5. The lowest BCUT2D eigenvalue weighted by molar-refractivity contribution is 0.0697. The second-order valence-corrected chi connectivity index (χ2v) is 4.34. The molecule has 0 bridgehead atoms. The topological polar surface area (TPSA) is 95.9 Å². The quantitative estimate of drug-likeness (QED) is 0.755. The van der Waals surface area contributed by atoms with Gasteiger partial charge in [0.15, 0.2) is 11.6 Å². The standard InChI is InChI=1S/C15H12FNO5/c16-11-7-12(10(14(19)20)6-13(11)18)17-15(21)22-8-9-4-2-1-3-5-9/h1-7,18H,8H2,(H,17,21)(H,19,20). The number of aromatic hydroxyl groups is 1. The number of aromatic carboxylic acids is 1. The van der Waals surface area contributed by atoms with Crippen LogP contribution in [0, 0.1) is 5.82 Å². The van der Waals surface area contributed by atoms with E-state index >= 15 is 0 Å². The van der Waals surface area contributed by atoms with Crippen molar-refractivity contribution in [3.8, 4) is 5.75 Å². The number of carboxylic acids is 1. The van der Waals surface area contributed by atoms with E-state index < -0.39 is 29.2 Å². The number of carbonyl (C=O) groups excluding carboxylic acids is 1. The number of carbonyl (C=O) groups is 2. The van der Waals surface area contributed by atoms with Crippen LogP contribution in [0.5, 0.6) is 5.75 Å². The van der Waals surface area contributed by atoms with E-state index in [1.807, 2.05) is 6.07 Å². The fourth-order valence-corrected chi connectivity index (χ4v) is 1.71. The van der Waals surface area contributed by atoms with E-state index in [9.17, 15) is 19.1 Å². The maximum Gasteiger partial charge on any atom is 0.411 e. The Morgan fingerprint density at radius 1 is 1.18 bits per heavy atom. The van der Waals surface area contributed by atoms with Gasteiger partial charge in [-0.15, -0.1) is 0 Å². The first-order valence-electron chi connectivity index (χ1n) is 6.21. The van der Waals surface area contributed by atoms with Gasteiger partial charge in [-0.05, 0) is 11.6 Å². The molecule has 0 aliphatic heterocycles. The minimum absolute atomic E-state index is 0.0182. The summed E-state index contributed by atoms with van der Waals surface area (Å²) in [5.74, 6) is -3.29. The highest BCUT2D eigenvalue weighted by atomic mass is 19.1. The van der Waals surface area contributed by atoms with E-state index in [0.717, 1.165) is 5.56 Å². The third-order valence-electron chi connectivity index (χ3n) is 2.77. The molecule has 2 aromatic carbocycles. The van der Waals surface area contributed by atoms with Crippen molar-refractivity contribution in [2.45, 2.75) is 6.61 Å². The lowest BCUT2D eigenvalue weighted by Crippen LogP contribution is -2.16. The number of hydrogen-bond donors (Lipinski definition) is 3. The second kappa shape index (κ2) is 6.57. The van der Waals surface area contributed by atoms with Crippen LogP contribution < -0.4 is 5.32 Å². The number of benzene rings is 2. The summed E-state index contributed by atoms with van der Waals surface area (Å²) in [5, 5.41) is 20.3. The molecule has 1 amide bonds. The zero-order chi connectivity index (χ0) is 16.1. The van der Waals surface area contributed by atoms with Gasteiger partial charge in [0.2, 0.25) is 0 Å². The molecule has 2 aromatic rings. The number of phenols is 1. The average Bonchev–Trinajstić information content (AvgIpc) is 2.49. The van der Waals surface area contributed by atoms with Crippen molar-refractivity contribution in [2.24, 2.45) is 0 Å². The van der Waals surface area contributed by atoms with Gasteiger partial charge in [0.05, 0.1) is 11.3 Å². The molecular weight excluding hydrogens is 293 g/mol. The van der Waals surface area contributed by atoms with E-state index in [0.29, 0.717) is 12.1 Å². The van der Waals surface area contributed by atoms with Crippen molar-refractivity contribution >= 4 is 17.7 Å². The van der Waals surface area contributed by atoms with Crippen molar-refractivity contribution in [1.82, 2.24) is 0 Å². The second-order valence-electron chi connectivity index (χ2n) is 4.34. The van der Waals surface area contributed by atoms with Crippen molar-refractivity contribution in [3.63, 3.8) is 0 Å². The van der Waals surface area contributed by atoms with Gasteiger partial charge in [-0.2, -0.15) is 0 Å². The molecule has 114 valence electrons. The van der Waals surface area contributed by atoms with Crippen LogP contribution in [0.2, 0.25) is 0 Å². The first kappa shape index (κ1) is 15.3. The number of halogens is 1. The molecule has 0 fully saturated rings. The summed E-state index contributed by atoms with van der Waals surface area (Å²) in [7, 11) is 0. The third-order valence-corrected chi connectivity index (χ3v) is 2.77. The molecule has 0 aliphatic rings. The normalized spacial score (nSPS) is 10.0. The first-order valence-corrected chi connectivity index (χ1v) is 6.21. The Balaban J connectivity index is 2.08. The van der Waals surface area contributed by atoms with E-state index in [4.69, 9.17) is 9.84 Å². The fourth-order valence-electron chi connectivity index (χ4n) is 1.71. The van der Waals surface area contributed by atoms with Crippen LogP contribution in [-0.2, 0) is 11.3 Å². The maximum atomic E-state index is 13.3. The van der Waals surface area contributed by atoms with Gasteiger partial charge >= 0.3 is 12.1 Å². The summed E-state index contributed by atoms with van der Waals surface area (Å²) >= 11 is 0. The van der Waals surface area contributed by atoms with Gasteiger partial charge in [0.25, 0.3) is 0 Å². The van der Waals surface area contributed by atoms with Crippen molar-refractivity contribution in [3.05, 3.63) is 59.4 Å². The molecule has 2 rings (SSSR count). The maximum absolute atomic E-state index is 13.3. The molecule has 0 spiro atoms. The largest absolute Gasteiger partial charge is 0.505 e. The van der Waals surface area contributed by atoms with Crippen molar-refractivity contribution in [1.29, 1.82) is 0 Å². The molecule has 0 aliphatic carbocycles. The number of carboxylic acid groups (broad SMARTS) is 1. The van der Waals surface area contributed by atoms with Gasteiger partial charge in [-0.3, -0.25) is 5.32 Å². The molecule has 0 saturated heterocycles. The summed E-state index contributed by atoms with van der Waals surface area (Å²) in [6, 6.07) is 10.3. The summed E-state index contributed by atoms with van der Waals surface area (Å²) in [4.78, 5) is 22.7. The summed E-state index contributed by atoms with van der Waals surface area (Å²) in [5.41, 5.74) is -0.00980. The van der Waals surface area contributed by atoms with Gasteiger partial charge in [0.1, 0.15) is 6.61 Å². The van der Waals surface area contributed by atoms with E-state index in [1.165, 1.54) is 0 Å². The van der Waals surface area contributed by atoms with E-state index in [2.05, 4.69) is 5.32 Å². The predicted molar refractivity (Wildman–Crippen MR) is 75.3 cm³/mol. The van der Waals surface area contributed by atoms with Crippen molar-refractivity contribution < 1.29 is 28.9 Å². The number of nitrogens with one attached hydrogen (secondary N) is 1. The SMILES string of the molecule is O=C(Nc1cc(F)c(O)cc1C(=O)O)OCc1ccccc1. The molecule has 0 radical (unpaired) electrons. The van der Waals surface area contributed by atoms with Gasteiger partial charge < -0.3 is 14.9 Å². The summed E-state index contributed by atoms with van der Waals surface area (Å²) < 4.78 is 18.2. The van der Waals surface area contributed by atoms with Gasteiger partial charge in [0, 0.05) is 6.07 Å². The molecule has 0 unspecified atom stereocenters. The molecule has 0 atom stereocenters. The van der Waals surface area contributed by atoms with Gasteiger partial charge in [-0.1, -0.05) is 30.3 Å². The predicted octanol–water partition coefficient (Wildman–Crippen LogP) is 2.98. The van der Waals surface area contributed by atoms with Crippen LogP contribution in [0.4, 0.5) is 14.9 Å². The highest BCUT2D eigenvalue weighted by Crippen LogP contribution is 2.25. The Bertz CT molecular complexity index is 703. The van der Waals surface area contributed by atoms with Crippen LogP contribution in [0.25, 0.3) is 0 Å². The highest BCUT2D eigenvalue weighted by Gasteiger charge is 2.17. The fraction of sp³-hybridized carbons (Fsp3) is 0.0667. The molecule has 0 saturated carbocycles. The van der Waals surface area contributed by atoms with Crippen LogP contribution in [0.3, 0.4) is 0 Å². The monoisotopic (exact) mass is 305 g/mol. The minimum atomic E-state index is -1.42. The van der Waals surface area contributed by atoms with E-state index in [-0.39, 0.29) is 12.3 Å². The summed E-state index contributed by atoms with van der Waals surface area (Å²) in [6.45, 7) is -0.0182. The minimum Gasteiger partial charge on any atom is -0.505 e. The molecule has 0 heterocycles. The number of hydrogen-bond acceptors (Lipinski definition) is 4. The zero-order valence-corrected chi connectivity index (χ0v) is 11.2. The molecule has 0 aromatic heterocycles. The van der Waals surface area contributed by atoms with Crippen LogP contribution in [-0.4, -0.2) is 22.3 Å². The zero-order valence-electron chi connectivity index (χ0n) is 11.2. The Labute approximate surface area is 124 Å². The molecule has 6 nitrogen and oxygen atoms in total. The van der Waals surface area contributed by atoms with Crippen LogP contribution in [0.1, 0.15) is 15.9 Å². The summed E-state index contributed by atoms with van der Waals surface area (Å²) in [6.07, 6.45) is -0.934. The average molecular weight is 305 g/mol. The number of anilines is 1. The molecule has 7 heteroatoms. The molecule has 3 N–H and O–H groups in total. The van der Waals surface area contributed by atoms with Crippen LogP contribution in [0.15, 0.2) is 42.5 Å².